The zero-order valence-corrected chi connectivity index (χ0v) is 20.9. The minimum Gasteiger partial charge on any atom is -0.378 e. The van der Waals surface area contributed by atoms with E-state index in [0.717, 1.165) is 22.3 Å². The molecule has 0 radical (unpaired) electrons. The van der Waals surface area contributed by atoms with Crippen LogP contribution in [-0.2, 0) is 14.3 Å². The van der Waals surface area contributed by atoms with E-state index in [0.29, 0.717) is 43.4 Å². The summed E-state index contributed by atoms with van der Waals surface area (Å²) in [6, 6.07) is 16.9. The molecular formula is C26H23N5O6S. The smallest absolute Gasteiger partial charge is 0.294 e. The molecule has 3 heterocycles. The lowest BCUT2D eigenvalue weighted by atomic mass is 10.2. The van der Waals surface area contributed by atoms with Crippen LogP contribution in [0, 0.1) is 10.1 Å². The molecule has 2 aliphatic heterocycles. The van der Waals surface area contributed by atoms with Gasteiger partial charge in [-0.05, 0) is 48.2 Å². The van der Waals surface area contributed by atoms with E-state index in [1.54, 1.807) is 47.2 Å². The van der Waals surface area contributed by atoms with Gasteiger partial charge in [0.1, 0.15) is 6.54 Å². The van der Waals surface area contributed by atoms with Crippen molar-refractivity contribution in [1.82, 2.24) is 9.47 Å². The molecule has 3 aromatic rings. The van der Waals surface area contributed by atoms with Crippen LogP contribution in [0.1, 0.15) is 5.69 Å². The molecule has 12 heteroatoms. The molecule has 0 atom stereocenters. The average Bonchev–Trinajstić information content (AvgIpc) is 3.49. The Kier molecular flexibility index (Phi) is 7.24. The fourth-order valence-corrected chi connectivity index (χ4v) is 5.09. The van der Waals surface area contributed by atoms with Crippen molar-refractivity contribution in [2.75, 3.05) is 43.1 Å². The van der Waals surface area contributed by atoms with Gasteiger partial charge >= 0.3 is 0 Å². The van der Waals surface area contributed by atoms with Crippen LogP contribution in [0.2, 0.25) is 0 Å². The highest BCUT2D eigenvalue weighted by molar-refractivity contribution is 8.18. The summed E-state index contributed by atoms with van der Waals surface area (Å²) in [6.07, 6.45) is 3.24. The summed E-state index contributed by atoms with van der Waals surface area (Å²) in [5.74, 6) is -1.07. The molecule has 0 aliphatic carbocycles. The fraction of sp³-hybridized carbons (Fsp3) is 0.192. The average molecular weight is 534 g/mol. The lowest BCUT2D eigenvalue weighted by Gasteiger charge is -2.30. The quantitative estimate of drug-likeness (QED) is 0.275. The van der Waals surface area contributed by atoms with Crippen LogP contribution in [0.4, 0.5) is 21.9 Å². The van der Waals surface area contributed by atoms with Crippen molar-refractivity contribution >= 4 is 52.0 Å². The van der Waals surface area contributed by atoms with Gasteiger partial charge in [0.2, 0.25) is 5.91 Å². The highest BCUT2D eigenvalue weighted by Crippen LogP contribution is 2.33. The Morgan fingerprint density at radius 2 is 1.87 bits per heavy atom. The van der Waals surface area contributed by atoms with Crippen molar-refractivity contribution in [3.63, 3.8) is 0 Å². The van der Waals surface area contributed by atoms with E-state index in [1.165, 1.54) is 18.2 Å². The minimum absolute atomic E-state index is 0.0660. The third-order valence-corrected chi connectivity index (χ3v) is 6.99. The van der Waals surface area contributed by atoms with Gasteiger partial charge in [0.15, 0.2) is 0 Å². The molecule has 2 aliphatic rings. The van der Waals surface area contributed by atoms with Gasteiger partial charge in [-0.3, -0.25) is 29.4 Å². The fourth-order valence-electron chi connectivity index (χ4n) is 4.27. The molecular weight excluding hydrogens is 510 g/mol. The molecule has 2 saturated heterocycles. The number of aromatic nitrogens is 1. The summed E-state index contributed by atoms with van der Waals surface area (Å²) < 4.78 is 7.08. The van der Waals surface area contributed by atoms with Crippen molar-refractivity contribution in [3.8, 4) is 5.69 Å². The zero-order valence-electron chi connectivity index (χ0n) is 20.1. The Balaban J connectivity index is 1.30. The summed E-state index contributed by atoms with van der Waals surface area (Å²) in [7, 11) is 0. The van der Waals surface area contributed by atoms with Gasteiger partial charge in [-0.2, -0.15) is 0 Å². The Hall–Kier alpha value is -4.42. The maximum atomic E-state index is 13.1. The zero-order chi connectivity index (χ0) is 26.6. The van der Waals surface area contributed by atoms with Crippen LogP contribution in [-0.4, -0.2) is 64.3 Å². The lowest BCUT2D eigenvalue weighted by molar-refractivity contribution is -0.384. The number of ether oxygens (including phenoxy) is 1. The second-order valence-corrected chi connectivity index (χ2v) is 9.51. The number of rotatable bonds is 7. The van der Waals surface area contributed by atoms with Crippen LogP contribution in [0.3, 0.4) is 0 Å². The molecule has 0 spiro atoms. The lowest BCUT2D eigenvalue weighted by Crippen LogP contribution is -2.38. The third-order valence-electron chi connectivity index (χ3n) is 6.08. The number of hydrogen-bond acceptors (Lipinski definition) is 8. The van der Waals surface area contributed by atoms with E-state index < -0.39 is 28.5 Å². The number of carbonyl (C=O) groups excluding carboxylic acids is 3. The normalized spacial score (nSPS) is 16.8. The second kappa shape index (κ2) is 10.9. The van der Waals surface area contributed by atoms with Crippen LogP contribution in [0.5, 0.6) is 0 Å². The topological polar surface area (TPSA) is 127 Å². The van der Waals surface area contributed by atoms with Gasteiger partial charge in [0.25, 0.3) is 16.8 Å². The van der Waals surface area contributed by atoms with E-state index in [9.17, 15) is 24.5 Å². The molecule has 1 N–H and O–H groups in total. The number of nitrogens with zero attached hydrogens (tertiary/aromatic N) is 4. The number of amides is 3. The minimum atomic E-state index is -0.580. The predicted molar refractivity (Wildman–Crippen MR) is 143 cm³/mol. The second-order valence-electron chi connectivity index (χ2n) is 8.51. The van der Waals surface area contributed by atoms with Gasteiger partial charge < -0.3 is 19.5 Å². The van der Waals surface area contributed by atoms with Crippen molar-refractivity contribution in [1.29, 1.82) is 0 Å². The van der Waals surface area contributed by atoms with Crippen molar-refractivity contribution in [2.24, 2.45) is 0 Å². The first-order chi connectivity index (χ1) is 18.4. The monoisotopic (exact) mass is 533 g/mol. The van der Waals surface area contributed by atoms with Crippen LogP contribution in [0.25, 0.3) is 11.8 Å². The Labute approximate surface area is 221 Å². The van der Waals surface area contributed by atoms with Gasteiger partial charge in [-0.1, -0.05) is 18.2 Å². The summed E-state index contributed by atoms with van der Waals surface area (Å²) in [5, 5.41) is 13.4. The van der Waals surface area contributed by atoms with Gasteiger partial charge in [-0.25, -0.2) is 0 Å². The van der Waals surface area contributed by atoms with Crippen LogP contribution < -0.4 is 10.2 Å². The number of morpholine rings is 1. The molecule has 38 heavy (non-hydrogen) atoms. The largest absolute Gasteiger partial charge is 0.378 e. The van der Waals surface area contributed by atoms with E-state index >= 15 is 0 Å². The van der Waals surface area contributed by atoms with Gasteiger partial charge in [0.05, 0.1) is 40.1 Å². The summed E-state index contributed by atoms with van der Waals surface area (Å²) in [5.41, 5.74) is 2.47. The van der Waals surface area contributed by atoms with Crippen LogP contribution in [0.15, 0.2) is 71.8 Å². The van der Waals surface area contributed by atoms with E-state index in [1.807, 2.05) is 12.1 Å². The molecule has 5 rings (SSSR count). The first kappa shape index (κ1) is 25.2. The standard InChI is InChI=1S/C26H23N5O6S/c32-24(27-21-8-1-2-9-22(21)28-11-13-37-14-12-28)17-30-25(33)23(38-26(30)34)16-19-7-4-10-29(19)18-5-3-6-20(15-18)31(35)36/h1-10,15-16H,11-14,17H2,(H,27,32)/b23-16-. The van der Waals surface area contributed by atoms with Crippen molar-refractivity contribution in [3.05, 3.63) is 87.6 Å². The molecule has 2 fully saturated rings. The van der Waals surface area contributed by atoms with Gasteiger partial charge in [0, 0.05) is 37.1 Å². The van der Waals surface area contributed by atoms with E-state index in [4.69, 9.17) is 4.74 Å². The first-order valence-electron chi connectivity index (χ1n) is 11.8. The molecule has 0 unspecified atom stereocenters. The van der Waals surface area contributed by atoms with Crippen LogP contribution >= 0.6 is 11.8 Å². The SMILES string of the molecule is O=C(CN1C(=O)S/C(=C\c2cccn2-c2cccc([N+](=O)[O-])c2)C1=O)Nc1ccccc1N1CCOCC1. The number of imide groups is 1. The number of anilines is 2. The summed E-state index contributed by atoms with van der Waals surface area (Å²) in [6.45, 7) is 2.15. The predicted octanol–water partition coefficient (Wildman–Crippen LogP) is 3.90. The molecule has 1 aromatic heterocycles. The Morgan fingerprint density at radius 3 is 2.66 bits per heavy atom. The van der Waals surface area contributed by atoms with E-state index in [2.05, 4.69) is 10.2 Å². The molecule has 194 valence electrons. The van der Waals surface area contributed by atoms with E-state index in [-0.39, 0.29) is 10.6 Å². The third kappa shape index (κ3) is 5.31. The number of thioether (sulfide) groups is 1. The first-order valence-corrected chi connectivity index (χ1v) is 12.6. The summed E-state index contributed by atoms with van der Waals surface area (Å²) in [4.78, 5) is 52.4. The Bertz CT molecular complexity index is 1450. The molecule has 0 saturated carbocycles. The number of hydrogen-bond donors (Lipinski definition) is 1. The molecule has 11 nitrogen and oxygen atoms in total. The highest BCUT2D eigenvalue weighted by atomic mass is 32.2. The molecule has 0 bridgehead atoms. The van der Waals surface area contributed by atoms with Crippen molar-refractivity contribution < 1.29 is 24.0 Å². The number of non-ortho nitro benzene ring substituents is 1. The highest BCUT2D eigenvalue weighted by Gasteiger charge is 2.36. The number of carbonyl (C=O) groups is 3. The number of benzene rings is 2. The Morgan fingerprint density at radius 1 is 1.08 bits per heavy atom. The number of para-hydroxylation sites is 2. The van der Waals surface area contributed by atoms with Crippen molar-refractivity contribution in [2.45, 2.75) is 0 Å². The maximum Gasteiger partial charge on any atom is 0.294 e. The molecule has 3 amide bonds. The summed E-state index contributed by atoms with van der Waals surface area (Å²) >= 11 is 0.741. The maximum absolute atomic E-state index is 13.1. The number of nitrogens with one attached hydrogen (secondary N) is 1. The number of nitro benzene ring substituents is 1. The molecule has 2 aromatic carbocycles. The van der Waals surface area contributed by atoms with Gasteiger partial charge in [-0.15, -0.1) is 0 Å². The number of nitro groups is 1.